The zero-order valence-electron chi connectivity index (χ0n) is 17.5. The molecule has 2 amide bonds. The summed E-state index contributed by atoms with van der Waals surface area (Å²) in [6.45, 7) is 1.97. The Labute approximate surface area is 180 Å². The van der Waals surface area contributed by atoms with Gasteiger partial charge in [0.1, 0.15) is 0 Å². The standard InChI is InChI=1S/C23H26N6O2/c1-29-8-6-17(7-9-29)25-23(31)21-19-11-15(4-5-20(19)27-28-21)16-10-18(13-24-12-16)26-22(30)14-2-3-14/h4-5,10-14,17H,2-3,6-9H2,1H3,(H,25,31)(H,26,30)(H,27,28). The minimum Gasteiger partial charge on any atom is -0.348 e. The number of piperidine rings is 1. The fraction of sp³-hybridized carbons (Fsp3) is 0.391. The van der Waals surface area contributed by atoms with Gasteiger partial charge in [-0.1, -0.05) is 6.07 Å². The minimum absolute atomic E-state index is 0.0529. The number of hydrogen-bond donors (Lipinski definition) is 3. The molecule has 8 nitrogen and oxygen atoms in total. The van der Waals surface area contributed by atoms with E-state index in [9.17, 15) is 9.59 Å². The van der Waals surface area contributed by atoms with Crippen LogP contribution in [-0.4, -0.2) is 58.1 Å². The first-order chi connectivity index (χ1) is 15.1. The van der Waals surface area contributed by atoms with Crippen molar-refractivity contribution < 1.29 is 9.59 Å². The lowest BCUT2D eigenvalue weighted by atomic mass is 10.0. The molecule has 1 saturated heterocycles. The first-order valence-corrected chi connectivity index (χ1v) is 10.8. The average Bonchev–Trinajstić information content (AvgIpc) is 3.54. The summed E-state index contributed by atoms with van der Waals surface area (Å²) in [7, 11) is 2.10. The Bertz CT molecular complexity index is 1130. The van der Waals surface area contributed by atoms with E-state index in [1.54, 1.807) is 12.4 Å². The maximum Gasteiger partial charge on any atom is 0.272 e. The lowest BCUT2D eigenvalue weighted by molar-refractivity contribution is -0.117. The SMILES string of the molecule is CN1CCC(NC(=O)c2n[nH]c3ccc(-c4cncc(NC(=O)C5CC5)c4)cc23)CC1. The van der Waals surface area contributed by atoms with Gasteiger partial charge in [0, 0.05) is 29.1 Å². The van der Waals surface area contributed by atoms with Crippen LogP contribution in [0.2, 0.25) is 0 Å². The molecule has 2 fully saturated rings. The van der Waals surface area contributed by atoms with Crippen LogP contribution >= 0.6 is 0 Å². The fourth-order valence-electron chi connectivity index (χ4n) is 4.03. The second-order valence-corrected chi connectivity index (χ2v) is 8.61. The molecule has 31 heavy (non-hydrogen) atoms. The molecule has 3 N–H and O–H groups in total. The van der Waals surface area contributed by atoms with Crippen LogP contribution in [0.25, 0.3) is 22.0 Å². The number of hydrogen-bond acceptors (Lipinski definition) is 5. The first-order valence-electron chi connectivity index (χ1n) is 10.8. The van der Waals surface area contributed by atoms with Gasteiger partial charge in [0.15, 0.2) is 5.69 Å². The Kier molecular flexibility index (Phi) is 5.15. The second-order valence-electron chi connectivity index (χ2n) is 8.61. The average molecular weight is 419 g/mol. The van der Waals surface area contributed by atoms with E-state index in [2.05, 4.69) is 37.8 Å². The van der Waals surface area contributed by atoms with Crippen molar-refractivity contribution in [3.05, 3.63) is 42.4 Å². The lowest BCUT2D eigenvalue weighted by Crippen LogP contribution is -2.43. The molecular weight excluding hydrogens is 392 g/mol. The highest BCUT2D eigenvalue weighted by Crippen LogP contribution is 2.31. The molecule has 3 aromatic rings. The van der Waals surface area contributed by atoms with Gasteiger partial charge in [-0.2, -0.15) is 5.10 Å². The summed E-state index contributed by atoms with van der Waals surface area (Å²) in [4.78, 5) is 31.5. The molecule has 8 heteroatoms. The van der Waals surface area contributed by atoms with E-state index in [4.69, 9.17) is 0 Å². The van der Waals surface area contributed by atoms with E-state index in [1.807, 2.05) is 24.3 Å². The molecule has 0 bridgehead atoms. The third-order valence-electron chi connectivity index (χ3n) is 6.12. The third kappa shape index (κ3) is 4.29. The Hall–Kier alpha value is -3.26. The Morgan fingerprint density at radius 2 is 1.87 bits per heavy atom. The van der Waals surface area contributed by atoms with Crippen molar-refractivity contribution >= 4 is 28.4 Å². The smallest absolute Gasteiger partial charge is 0.272 e. The molecule has 2 aliphatic rings. The predicted octanol–water partition coefficient (Wildman–Crippen LogP) is 2.80. The Morgan fingerprint density at radius 3 is 2.65 bits per heavy atom. The maximum absolute atomic E-state index is 12.9. The zero-order valence-corrected chi connectivity index (χ0v) is 17.5. The van der Waals surface area contributed by atoms with Crippen LogP contribution in [0.1, 0.15) is 36.2 Å². The van der Waals surface area contributed by atoms with E-state index in [-0.39, 0.29) is 23.8 Å². The summed E-state index contributed by atoms with van der Waals surface area (Å²) in [5.74, 6) is 0.0372. The number of rotatable bonds is 5. The van der Waals surface area contributed by atoms with Gasteiger partial charge in [-0.3, -0.25) is 19.7 Å². The quantitative estimate of drug-likeness (QED) is 0.591. The maximum atomic E-state index is 12.9. The van der Waals surface area contributed by atoms with Gasteiger partial charge in [0.2, 0.25) is 5.91 Å². The van der Waals surface area contributed by atoms with Gasteiger partial charge >= 0.3 is 0 Å². The molecule has 0 spiro atoms. The summed E-state index contributed by atoms with van der Waals surface area (Å²) in [5.41, 5.74) is 3.68. The van der Waals surface area contributed by atoms with Crippen LogP contribution in [0.3, 0.4) is 0 Å². The summed E-state index contributed by atoms with van der Waals surface area (Å²) in [6.07, 6.45) is 7.21. The molecule has 3 heterocycles. The highest BCUT2D eigenvalue weighted by Gasteiger charge is 2.29. The molecule has 2 aromatic heterocycles. The largest absolute Gasteiger partial charge is 0.348 e. The van der Waals surface area contributed by atoms with Crippen molar-refractivity contribution in [3.8, 4) is 11.1 Å². The van der Waals surface area contributed by atoms with Gasteiger partial charge in [0.25, 0.3) is 5.91 Å². The molecule has 1 aliphatic carbocycles. The highest BCUT2D eigenvalue weighted by atomic mass is 16.2. The van der Waals surface area contributed by atoms with Gasteiger partial charge < -0.3 is 15.5 Å². The summed E-state index contributed by atoms with van der Waals surface area (Å²) < 4.78 is 0. The summed E-state index contributed by atoms with van der Waals surface area (Å²) in [5, 5.41) is 14.1. The van der Waals surface area contributed by atoms with Crippen LogP contribution in [-0.2, 0) is 4.79 Å². The summed E-state index contributed by atoms with van der Waals surface area (Å²) >= 11 is 0. The number of carbonyl (C=O) groups is 2. The van der Waals surface area contributed by atoms with Crippen molar-refractivity contribution in [3.63, 3.8) is 0 Å². The highest BCUT2D eigenvalue weighted by molar-refractivity contribution is 6.05. The van der Waals surface area contributed by atoms with E-state index >= 15 is 0 Å². The third-order valence-corrected chi connectivity index (χ3v) is 6.12. The van der Waals surface area contributed by atoms with Crippen molar-refractivity contribution in [1.29, 1.82) is 0 Å². The fourth-order valence-corrected chi connectivity index (χ4v) is 4.03. The molecular formula is C23H26N6O2. The number of nitrogens with zero attached hydrogens (tertiary/aromatic N) is 3. The van der Waals surface area contributed by atoms with E-state index in [1.165, 1.54) is 0 Å². The minimum atomic E-state index is -0.151. The van der Waals surface area contributed by atoms with Crippen molar-refractivity contribution in [2.45, 2.75) is 31.7 Å². The van der Waals surface area contributed by atoms with Gasteiger partial charge in [-0.15, -0.1) is 0 Å². The zero-order chi connectivity index (χ0) is 21.4. The van der Waals surface area contributed by atoms with Gasteiger partial charge in [0.05, 0.1) is 17.4 Å². The Balaban J connectivity index is 1.37. The second kappa shape index (κ2) is 8.11. The number of likely N-dealkylation sites (tertiary alicyclic amines) is 1. The number of aromatic nitrogens is 3. The number of nitrogens with one attached hydrogen (secondary N) is 3. The number of pyridine rings is 1. The van der Waals surface area contributed by atoms with Gasteiger partial charge in [-0.05, 0) is 69.6 Å². The number of benzene rings is 1. The first kappa shape index (κ1) is 19.7. The number of amides is 2. The van der Waals surface area contributed by atoms with Crippen LogP contribution in [0.5, 0.6) is 0 Å². The van der Waals surface area contributed by atoms with Crippen LogP contribution in [0.4, 0.5) is 5.69 Å². The van der Waals surface area contributed by atoms with Crippen LogP contribution in [0.15, 0.2) is 36.7 Å². The molecule has 0 unspecified atom stereocenters. The topological polar surface area (TPSA) is 103 Å². The van der Waals surface area contributed by atoms with Crippen LogP contribution in [0, 0.1) is 5.92 Å². The van der Waals surface area contributed by atoms with Crippen molar-refractivity contribution in [2.24, 2.45) is 5.92 Å². The van der Waals surface area contributed by atoms with Gasteiger partial charge in [-0.25, -0.2) is 0 Å². The Morgan fingerprint density at radius 1 is 1.06 bits per heavy atom. The molecule has 0 atom stereocenters. The normalized spacial score (nSPS) is 17.6. The number of anilines is 1. The van der Waals surface area contributed by atoms with E-state index in [0.717, 1.165) is 60.8 Å². The number of carbonyl (C=O) groups excluding carboxylic acids is 2. The van der Waals surface area contributed by atoms with Crippen LogP contribution < -0.4 is 10.6 Å². The monoisotopic (exact) mass is 418 g/mol. The molecule has 5 rings (SSSR count). The predicted molar refractivity (Wildman–Crippen MR) is 119 cm³/mol. The van der Waals surface area contributed by atoms with E-state index < -0.39 is 0 Å². The molecule has 1 aliphatic heterocycles. The molecule has 1 saturated carbocycles. The number of H-pyrrole nitrogens is 1. The molecule has 0 radical (unpaired) electrons. The van der Waals surface area contributed by atoms with E-state index in [0.29, 0.717) is 11.4 Å². The van der Waals surface area contributed by atoms with Crippen molar-refractivity contribution in [2.75, 3.05) is 25.5 Å². The molecule has 160 valence electrons. The number of fused-ring (bicyclic) bond motifs is 1. The summed E-state index contributed by atoms with van der Waals surface area (Å²) in [6, 6.07) is 7.91. The van der Waals surface area contributed by atoms with Crippen molar-refractivity contribution in [1.82, 2.24) is 25.4 Å². The molecule has 1 aromatic carbocycles. The number of aromatic amines is 1. The lowest BCUT2D eigenvalue weighted by Gasteiger charge is -2.29.